The molecule has 1 saturated heterocycles. The van der Waals surface area contributed by atoms with Crippen LogP contribution in [-0.4, -0.2) is 25.4 Å². The molecule has 6 rings (SSSR count). The summed E-state index contributed by atoms with van der Waals surface area (Å²) in [6, 6.07) is 39.8. The molecule has 194 valence electrons. The van der Waals surface area contributed by atoms with E-state index in [1.807, 2.05) is 24.3 Å². The first kappa shape index (κ1) is 25.0. The highest BCUT2D eigenvalue weighted by atomic mass is 16.6. The van der Waals surface area contributed by atoms with Crippen molar-refractivity contribution in [3.63, 3.8) is 0 Å². The maximum Gasteiger partial charge on any atom is 0.108 e. The minimum absolute atomic E-state index is 0.0953. The van der Waals surface area contributed by atoms with Crippen LogP contribution >= 0.6 is 0 Å². The molecule has 4 aromatic carbocycles. The van der Waals surface area contributed by atoms with Gasteiger partial charge in [-0.1, -0.05) is 115 Å². The average molecular weight is 507 g/mol. The maximum absolute atomic E-state index is 6.88. The van der Waals surface area contributed by atoms with Gasteiger partial charge in [0.25, 0.3) is 0 Å². The Morgan fingerprint density at radius 1 is 0.632 bits per heavy atom. The topological polar surface area (TPSA) is 36.9 Å². The fourth-order valence-corrected chi connectivity index (χ4v) is 5.87. The lowest BCUT2D eigenvalue weighted by Crippen LogP contribution is -2.52. The van der Waals surface area contributed by atoms with Crippen LogP contribution in [-0.2, 0) is 38.8 Å². The lowest BCUT2D eigenvalue weighted by atomic mass is 9.71. The van der Waals surface area contributed by atoms with E-state index in [4.69, 9.17) is 18.9 Å². The second kappa shape index (κ2) is 12.1. The zero-order valence-electron chi connectivity index (χ0n) is 21.5. The summed E-state index contributed by atoms with van der Waals surface area (Å²) in [6.45, 7) is 2.75. The highest BCUT2D eigenvalue weighted by molar-refractivity contribution is 5.36. The molecule has 4 heteroatoms. The minimum Gasteiger partial charge on any atom is -0.376 e. The fourth-order valence-electron chi connectivity index (χ4n) is 5.87. The Morgan fingerprint density at radius 3 is 1.89 bits per heavy atom. The lowest BCUT2D eigenvalue weighted by Gasteiger charge is -2.49. The molecule has 2 aliphatic rings. The van der Waals surface area contributed by atoms with E-state index in [9.17, 15) is 0 Å². The largest absolute Gasteiger partial charge is 0.376 e. The molecule has 4 aromatic rings. The Bertz CT molecular complexity index is 1280. The SMILES string of the molecule is c1ccc(COC[C@@H]2[C@H]3c4ccccc4CO[C@@H]3[C@@H](COCc3ccccc3)O[C@H]2c2ccccc2)cc1. The fraction of sp³-hybridized carbons (Fsp3) is 0.294. The summed E-state index contributed by atoms with van der Waals surface area (Å²) in [5, 5.41) is 0. The molecular formula is C34H34O4. The molecule has 0 saturated carbocycles. The molecule has 0 unspecified atom stereocenters. The smallest absolute Gasteiger partial charge is 0.108 e. The molecule has 1 fully saturated rings. The maximum atomic E-state index is 6.88. The van der Waals surface area contributed by atoms with Crippen LogP contribution in [0, 0.1) is 5.92 Å². The van der Waals surface area contributed by atoms with Gasteiger partial charge in [0.2, 0.25) is 0 Å². The Hall–Kier alpha value is -3.28. The summed E-state index contributed by atoms with van der Waals surface area (Å²) >= 11 is 0. The summed E-state index contributed by atoms with van der Waals surface area (Å²) in [5.41, 5.74) is 6.08. The highest BCUT2D eigenvalue weighted by Crippen LogP contribution is 2.49. The summed E-state index contributed by atoms with van der Waals surface area (Å²) < 4.78 is 26.0. The van der Waals surface area contributed by atoms with Crippen LogP contribution in [0.3, 0.4) is 0 Å². The van der Waals surface area contributed by atoms with Gasteiger partial charge in [0.1, 0.15) is 6.10 Å². The second-order valence-electron chi connectivity index (χ2n) is 10.2. The third-order valence-electron chi connectivity index (χ3n) is 7.68. The van der Waals surface area contributed by atoms with Gasteiger partial charge in [0.05, 0.1) is 45.2 Å². The first-order valence-electron chi connectivity index (χ1n) is 13.5. The normalized spacial score (nSPS) is 24.4. The van der Waals surface area contributed by atoms with Gasteiger partial charge in [0, 0.05) is 11.8 Å². The van der Waals surface area contributed by atoms with Crippen molar-refractivity contribution in [1.82, 2.24) is 0 Å². The predicted molar refractivity (Wildman–Crippen MR) is 148 cm³/mol. The molecule has 0 radical (unpaired) electrons. The Balaban J connectivity index is 1.29. The monoisotopic (exact) mass is 506 g/mol. The predicted octanol–water partition coefficient (Wildman–Crippen LogP) is 6.86. The van der Waals surface area contributed by atoms with E-state index in [2.05, 4.69) is 91.0 Å². The number of rotatable bonds is 9. The van der Waals surface area contributed by atoms with Crippen LogP contribution in [0.5, 0.6) is 0 Å². The van der Waals surface area contributed by atoms with Crippen molar-refractivity contribution in [3.05, 3.63) is 143 Å². The molecule has 38 heavy (non-hydrogen) atoms. The molecule has 2 heterocycles. The quantitative estimate of drug-likeness (QED) is 0.249. The van der Waals surface area contributed by atoms with E-state index in [0.29, 0.717) is 33.0 Å². The molecular weight excluding hydrogens is 472 g/mol. The van der Waals surface area contributed by atoms with Gasteiger partial charge in [0.15, 0.2) is 0 Å². The van der Waals surface area contributed by atoms with Crippen LogP contribution in [0.4, 0.5) is 0 Å². The van der Waals surface area contributed by atoms with E-state index in [0.717, 1.165) is 11.1 Å². The van der Waals surface area contributed by atoms with Crippen LogP contribution < -0.4 is 0 Å². The second-order valence-corrected chi connectivity index (χ2v) is 10.2. The zero-order chi connectivity index (χ0) is 25.6. The van der Waals surface area contributed by atoms with Crippen LogP contribution in [0.25, 0.3) is 0 Å². The lowest BCUT2D eigenvalue weighted by molar-refractivity contribution is -0.212. The van der Waals surface area contributed by atoms with Gasteiger partial charge < -0.3 is 18.9 Å². The molecule has 0 bridgehead atoms. The third-order valence-corrected chi connectivity index (χ3v) is 7.68. The Labute approximate surface area is 225 Å². The molecule has 2 aliphatic heterocycles. The third kappa shape index (κ3) is 5.59. The van der Waals surface area contributed by atoms with E-state index in [-0.39, 0.29) is 30.1 Å². The highest BCUT2D eigenvalue weighted by Gasteiger charge is 2.49. The van der Waals surface area contributed by atoms with E-state index in [1.54, 1.807) is 0 Å². The molecule has 0 amide bonds. The first-order chi connectivity index (χ1) is 18.9. The van der Waals surface area contributed by atoms with Crippen molar-refractivity contribution in [2.24, 2.45) is 5.92 Å². The number of fused-ring (bicyclic) bond motifs is 3. The van der Waals surface area contributed by atoms with Crippen LogP contribution in [0.1, 0.15) is 39.8 Å². The number of hydrogen-bond acceptors (Lipinski definition) is 4. The molecule has 0 spiro atoms. The number of ether oxygens (including phenoxy) is 4. The van der Waals surface area contributed by atoms with Crippen molar-refractivity contribution >= 4 is 0 Å². The van der Waals surface area contributed by atoms with Gasteiger partial charge in [-0.05, 0) is 27.8 Å². The molecule has 4 nitrogen and oxygen atoms in total. The van der Waals surface area contributed by atoms with Crippen molar-refractivity contribution in [2.45, 2.75) is 44.1 Å². The number of hydrogen-bond donors (Lipinski definition) is 0. The Morgan fingerprint density at radius 2 is 1.21 bits per heavy atom. The number of benzene rings is 4. The average Bonchev–Trinajstić information content (AvgIpc) is 2.99. The molecule has 0 aromatic heterocycles. The van der Waals surface area contributed by atoms with Crippen molar-refractivity contribution < 1.29 is 18.9 Å². The minimum atomic E-state index is -0.187. The van der Waals surface area contributed by atoms with Crippen molar-refractivity contribution in [2.75, 3.05) is 13.2 Å². The van der Waals surface area contributed by atoms with Gasteiger partial charge in [-0.25, -0.2) is 0 Å². The zero-order valence-corrected chi connectivity index (χ0v) is 21.5. The summed E-state index contributed by atoms with van der Waals surface area (Å²) in [5.74, 6) is 0.234. The van der Waals surface area contributed by atoms with Crippen molar-refractivity contribution in [3.8, 4) is 0 Å². The van der Waals surface area contributed by atoms with Gasteiger partial charge in [-0.3, -0.25) is 0 Å². The molecule has 0 aliphatic carbocycles. The van der Waals surface area contributed by atoms with Crippen LogP contribution in [0.15, 0.2) is 115 Å². The first-order valence-corrected chi connectivity index (χ1v) is 13.5. The summed E-state index contributed by atoms with van der Waals surface area (Å²) in [7, 11) is 0. The van der Waals surface area contributed by atoms with Crippen LogP contribution in [0.2, 0.25) is 0 Å². The van der Waals surface area contributed by atoms with Gasteiger partial charge >= 0.3 is 0 Å². The summed E-state index contributed by atoms with van der Waals surface area (Å²) in [6.07, 6.45) is -0.424. The molecule has 5 atom stereocenters. The van der Waals surface area contributed by atoms with E-state index < -0.39 is 0 Å². The molecule has 0 N–H and O–H groups in total. The standard InChI is InChI=1S/C34H34O4/c1-4-12-25(13-5-1)20-35-23-30-32-29-19-11-10-18-28(29)22-37-34(32)31(24-36-21-26-14-6-2-7-15-26)38-33(30)27-16-8-3-9-17-27/h1-19,30-34H,20-24H2/t30-,31-,32-,33+,34-/m1/s1. The van der Waals surface area contributed by atoms with E-state index >= 15 is 0 Å². The Kier molecular flexibility index (Phi) is 7.94. The van der Waals surface area contributed by atoms with Crippen molar-refractivity contribution in [1.29, 1.82) is 0 Å². The van der Waals surface area contributed by atoms with Gasteiger partial charge in [-0.2, -0.15) is 0 Å². The van der Waals surface area contributed by atoms with E-state index in [1.165, 1.54) is 16.7 Å². The van der Waals surface area contributed by atoms with Gasteiger partial charge in [-0.15, -0.1) is 0 Å². The summed E-state index contributed by atoms with van der Waals surface area (Å²) in [4.78, 5) is 0.